The number of rotatable bonds is 4. The highest BCUT2D eigenvalue weighted by Gasteiger charge is 2.31. The molecule has 1 aliphatic rings. The Morgan fingerprint density at radius 1 is 1.45 bits per heavy atom. The predicted molar refractivity (Wildman–Crippen MR) is 88.6 cm³/mol. The molecule has 0 amide bonds. The van der Waals surface area contributed by atoms with E-state index < -0.39 is 0 Å². The molecular weight excluding hydrogens is 290 g/mol. The highest BCUT2D eigenvalue weighted by molar-refractivity contribution is 7.16. The average molecular weight is 316 g/mol. The van der Waals surface area contributed by atoms with Crippen LogP contribution in [-0.2, 0) is 0 Å². The molecule has 0 aliphatic carbocycles. The van der Waals surface area contributed by atoms with Crippen molar-refractivity contribution in [3.63, 3.8) is 0 Å². The molecule has 2 N–H and O–H groups in total. The van der Waals surface area contributed by atoms with Gasteiger partial charge in [-0.1, -0.05) is 18.5 Å². The highest BCUT2D eigenvalue weighted by Crippen LogP contribution is 2.34. The van der Waals surface area contributed by atoms with E-state index in [1.807, 2.05) is 6.07 Å². The maximum absolute atomic E-state index is 6.45. The first kappa shape index (κ1) is 16.2. The van der Waals surface area contributed by atoms with Crippen LogP contribution in [0.4, 0.5) is 0 Å². The van der Waals surface area contributed by atoms with E-state index in [0.717, 1.165) is 23.8 Å². The lowest BCUT2D eigenvalue weighted by molar-refractivity contribution is 0.124. The molecule has 3 unspecified atom stereocenters. The normalized spacial score (nSPS) is 25.4. The van der Waals surface area contributed by atoms with Crippen molar-refractivity contribution < 1.29 is 0 Å². The number of thiophene rings is 1. The van der Waals surface area contributed by atoms with Crippen LogP contribution in [0.5, 0.6) is 0 Å². The van der Waals surface area contributed by atoms with Crippen LogP contribution >= 0.6 is 22.9 Å². The van der Waals surface area contributed by atoms with Crippen LogP contribution < -0.4 is 5.73 Å². The van der Waals surface area contributed by atoms with E-state index in [1.54, 1.807) is 11.3 Å². The zero-order valence-corrected chi connectivity index (χ0v) is 14.3. The molecule has 0 bridgehead atoms. The second kappa shape index (κ2) is 7.23. The molecule has 1 aromatic rings. The van der Waals surface area contributed by atoms with Crippen LogP contribution in [0.1, 0.15) is 37.6 Å². The topological polar surface area (TPSA) is 32.5 Å². The van der Waals surface area contributed by atoms with E-state index in [2.05, 4.69) is 36.8 Å². The fourth-order valence-electron chi connectivity index (χ4n) is 3.13. The van der Waals surface area contributed by atoms with Gasteiger partial charge in [0.2, 0.25) is 0 Å². The van der Waals surface area contributed by atoms with Gasteiger partial charge in [-0.25, -0.2) is 0 Å². The summed E-state index contributed by atoms with van der Waals surface area (Å²) in [7, 11) is 2.21. The van der Waals surface area contributed by atoms with Gasteiger partial charge in [-0.15, -0.1) is 11.3 Å². The first-order valence-electron chi connectivity index (χ1n) is 7.48. The maximum Gasteiger partial charge on any atom is 0.0931 e. The number of nitrogens with zero attached hydrogens (tertiary/aromatic N) is 2. The number of hydrogen-bond donors (Lipinski definition) is 1. The molecule has 2 rings (SSSR count). The summed E-state index contributed by atoms with van der Waals surface area (Å²) in [6.07, 6.45) is 2.19. The van der Waals surface area contributed by atoms with Crippen LogP contribution in [-0.4, -0.2) is 48.6 Å². The first-order valence-corrected chi connectivity index (χ1v) is 8.67. The molecule has 1 aliphatic heterocycles. The summed E-state index contributed by atoms with van der Waals surface area (Å²) in [5.41, 5.74) is 6.45. The molecule has 1 aromatic heterocycles. The Morgan fingerprint density at radius 3 is 2.80 bits per heavy atom. The third kappa shape index (κ3) is 3.74. The minimum atomic E-state index is 0.163. The molecule has 5 heteroatoms. The fraction of sp³-hybridized carbons (Fsp3) is 0.733. The lowest BCUT2D eigenvalue weighted by Crippen LogP contribution is -2.46. The van der Waals surface area contributed by atoms with Crippen molar-refractivity contribution in [3.8, 4) is 0 Å². The van der Waals surface area contributed by atoms with Crippen molar-refractivity contribution in [1.29, 1.82) is 0 Å². The Labute approximate surface area is 131 Å². The smallest absolute Gasteiger partial charge is 0.0931 e. The van der Waals surface area contributed by atoms with Crippen molar-refractivity contribution >= 4 is 22.9 Å². The van der Waals surface area contributed by atoms with Gasteiger partial charge in [0.05, 0.1) is 10.4 Å². The Kier molecular flexibility index (Phi) is 5.87. The lowest BCUT2D eigenvalue weighted by atomic mass is 10.0. The highest BCUT2D eigenvalue weighted by atomic mass is 35.5. The van der Waals surface area contributed by atoms with Crippen LogP contribution in [0.25, 0.3) is 0 Å². The summed E-state index contributed by atoms with van der Waals surface area (Å²) in [5.74, 6) is 0. The van der Waals surface area contributed by atoms with Gasteiger partial charge in [0, 0.05) is 30.1 Å². The monoisotopic (exact) mass is 315 g/mol. The van der Waals surface area contributed by atoms with Gasteiger partial charge >= 0.3 is 0 Å². The van der Waals surface area contributed by atoms with Gasteiger partial charge in [-0.05, 0) is 45.5 Å². The summed E-state index contributed by atoms with van der Waals surface area (Å²) < 4.78 is 0.855. The van der Waals surface area contributed by atoms with Crippen LogP contribution in [0.15, 0.2) is 12.1 Å². The first-order chi connectivity index (χ1) is 9.52. The maximum atomic E-state index is 6.45. The Balaban J connectivity index is 2.25. The van der Waals surface area contributed by atoms with Gasteiger partial charge < -0.3 is 10.6 Å². The van der Waals surface area contributed by atoms with Gasteiger partial charge in [0.1, 0.15) is 0 Å². The number of nitrogens with two attached hydrogens (primary N) is 1. The van der Waals surface area contributed by atoms with Gasteiger partial charge in [0.25, 0.3) is 0 Å². The van der Waals surface area contributed by atoms with Crippen molar-refractivity contribution in [2.45, 2.75) is 44.8 Å². The largest absolute Gasteiger partial charge is 0.326 e. The molecule has 3 nitrogen and oxygen atoms in total. The minimum absolute atomic E-state index is 0.163. The molecular formula is C15H26ClN3S. The zero-order valence-electron chi connectivity index (χ0n) is 12.7. The molecule has 2 heterocycles. The number of hydrogen-bond acceptors (Lipinski definition) is 4. The number of likely N-dealkylation sites (N-methyl/N-ethyl adjacent to an activating group) is 1. The Morgan fingerprint density at radius 2 is 2.20 bits per heavy atom. The van der Waals surface area contributed by atoms with Crippen molar-refractivity contribution in [3.05, 3.63) is 21.3 Å². The fourth-order valence-corrected chi connectivity index (χ4v) is 4.39. The summed E-state index contributed by atoms with van der Waals surface area (Å²) in [6, 6.07) is 5.11. The molecule has 0 spiro atoms. The molecule has 20 heavy (non-hydrogen) atoms. The van der Waals surface area contributed by atoms with Gasteiger partial charge in [0.15, 0.2) is 0 Å². The Hall–Kier alpha value is -0.130. The average Bonchev–Trinajstić information content (AvgIpc) is 2.75. The summed E-state index contributed by atoms with van der Waals surface area (Å²) in [5, 5.41) is 0. The lowest BCUT2D eigenvalue weighted by Gasteiger charge is -2.38. The van der Waals surface area contributed by atoms with E-state index in [-0.39, 0.29) is 6.04 Å². The van der Waals surface area contributed by atoms with Crippen molar-refractivity contribution in [2.24, 2.45) is 5.73 Å². The molecule has 114 valence electrons. The van der Waals surface area contributed by atoms with E-state index in [9.17, 15) is 0 Å². The third-order valence-corrected chi connectivity index (χ3v) is 5.52. The summed E-state index contributed by atoms with van der Waals surface area (Å²) >= 11 is 7.81. The molecule has 1 saturated heterocycles. The number of halogens is 1. The van der Waals surface area contributed by atoms with E-state index in [4.69, 9.17) is 17.3 Å². The van der Waals surface area contributed by atoms with Crippen LogP contribution in [0.3, 0.4) is 0 Å². The molecule has 0 aromatic carbocycles. The second-order valence-electron chi connectivity index (χ2n) is 5.86. The van der Waals surface area contributed by atoms with Crippen molar-refractivity contribution in [2.75, 3.05) is 26.7 Å². The van der Waals surface area contributed by atoms with Crippen LogP contribution in [0.2, 0.25) is 4.34 Å². The van der Waals surface area contributed by atoms with E-state index >= 15 is 0 Å². The van der Waals surface area contributed by atoms with Gasteiger partial charge in [-0.2, -0.15) is 0 Å². The van der Waals surface area contributed by atoms with Gasteiger partial charge in [-0.3, -0.25) is 4.90 Å². The van der Waals surface area contributed by atoms with Crippen molar-refractivity contribution in [1.82, 2.24) is 9.80 Å². The quantitative estimate of drug-likeness (QED) is 0.926. The van der Waals surface area contributed by atoms with E-state index in [0.29, 0.717) is 12.1 Å². The summed E-state index contributed by atoms with van der Waals surface area (Å²) in [6.45, 7) is 7.86. The molecule has 0 radical (unpaired) electrons. The standard InChI is InChI=1S/C15H26ClN3S/c1-4-12(17)15(13-6-7-14(16)20-13)19-9-5-8-18(3)10-11(19)2/h6-7,11-12,15H,4-5,8-10,17H2,1-3H3. The molecule has 1 fully saturated rings. The van der Waals surface area contributed by atoms with Crippen LogP contribution in [0, 0.1) is 0 Å². The molecule has 0 saturated carbocycles. The Bertz CT molecular complexity index is 423. The SMILES string of the molecule is CCC(N)C(c1ccc(Cl)s1)N1CCCN(C)CC1C. The van der Waals surface area contributed by atoms with E-state index in [1.165, 1.54) is 17.8 Å². The molecule has 3 atom stereocenters. The zero-order chi connectivity index (χ0) is 14.7. The second-order valence-corrected chi connectivity index (χ2v) is 7.61. The minimum Gasteiger partial charge on any atom is -0.326 e. The third-order valence-electron chi connectivity index (χ3n) is 4.22. The predicted octanol–water partition coefficient (Wildman–Crippen LogP) is 3.21. The summed E-state index contributed by atoms with van der Waals surface area (Å²) in [4.78, 5) is 6.31.